The van der Waals surface area contributed by atoms with E-state index in [2.05, 4.69) is 31.2 Å². The third kappa shape index (κ3) is 3.76. The molecule has 1 saturated heterocycles. The lowest BCUT2D eigenvalue weighted by atomic mass is 9.88. The molecule has 0 radical (unpaired) electrons. The van der Waals surface area contributed by atoms with Gasteiger partial charge in [-0.1, -0.05) is 6.92 Å². The Kier molecular flexibility index (Phi) is 5.22. The van der Waals surface area contributed by atoms with Crippen LogP contribution in [-0.2, 0) is 4.79 Å². The molecule has 0 aliphatic carbocycles. The van der Waals surface area contributed by atoms with E-state index in [0.717, 1.165) is 32.6 Å². The highest BCUT2D eigenvalue weighted by molar-refractivity contribution is 5.78. The number of amides is 1. The molecule has 94 valence electrons. The van der Waals surface area contributed by atoms with Crippen LogP contribution in [0.4, 0.5) is 0 Å². The predicted octanol–water partition coefficient (Wildman–Crippen LogP) is 0.252. The molecule has 1 aliphatic rings. The second kappa shape index (κ2) is 6.21. The summed E-state index contributed by atoms with van der Waals surface area (Å²) < 4.78 is 0. The quantitative estimate of drug-likeness (QED) is 0.706. The van der Waals surface area contributed by atoms with E-state index in [0.29, 0.717) is 11.8 Å². The van der Waals surface area contributed by atoms with Gasteiger partial charge in [0.25, 0.3) is 0 Å². The van der Waals surface area contributed by atoms with Gasteiger partial charge >= 0.3 is 0 Å². The van der Waals surface area contributed by atoms with Crippen LogP contribution < -0.4 is 5.32 Å². The molecule has 1 amide bonds. The SMILES string of the molecule is CC(C(=O)N(C)CCCN(C)C)C1CNC1. The number of hydrogen-bond acceptors (Lipinski definition) is 3. The highest BCUT2D eigenvalue weighted by Gasteiger charge is 2.30. The number of carbonyl (C=O) groups excluding carboxylic acids is 1. The van der Waals surface area contributed by atoms with E-state index in [1.807, 2.05) is 11.9 Å². The summed E-state index contributed by atoms with van der Waals surface area (Å²) in [5, 5.41) is 3.22. The smallest absolute Gasteiger partial charge is 0.225 e. The van der Waals surface area contributed by atoms with Crippen molar-refractivity contribution >= 4 is 5.91 Å². The number of carbonyl (C=O) groups is 1. The Morgan fingerprint density at radius 3 is 2.38 bits per heavy atom. The minimum absolute atomic E-state index is 0.172. The fourth-order valence-corrected chi connectivity index (χ4v) is 1.95. The molecule has 0 aromatic carbocycles. The molecule has 0 aromatic rings. The van der Waals surface area contributed by atoms with Gasteiger partial charge in [0.1, 0.15) is 0 Å². The van der Waals surface area contributed by atoms with Crippen molar-refractivity contribution in [3.63, 3.8) is 0 Å². The molecular weight excluding hydrogens is 202 g/mol. The Labute approximate surface area is 99.0 Å². The molecule has 1 atom stereocenters. The summed E-state index contributed by atoms with van der Waals surface area (Å²) in [6, 6.07) is 0. The van der Waals surface area contributed by atoms with Crippen LogP contribution in [0, 0.1) is 11.8 Å². The minimum atomic E-state index is 0.172. The molecule has 0 bridgehead atoms. The van der Waals surface area contributed by atoms with Gasteiger partial charge in [0.05, 0.1) is 0 Å². The molecule has 4 heteroatoms. The normalized spacial score (nSPS) is 18.3. The van der Waals surface area contributed by atoms with Gasteiger partial charge in [-0.25, -0.2) is 0 Å². The van der Waals surface area contributed by atoms with E-state index in [4.69, 9.17) is 0 Å². The standard InChI is InChI=1S/C12H25N3O/c1-10(11-8-13-9-11)12(16)15(4)7-5-6-14(2)3/h10-11,13H,5-9H2,1-4H3. The topological polar surface area (TPSA) is 35.6 Å². The molecular formula is C12H25N3O. The van der Waals surface area contributed by atoms with E-state index >= 15 is 0 Å². The van der Waals surface area contributed by atoms with Crippen LogP contribution >= 0.6 is 0 Å². The molecule has 1 aliphatic heterocycles. The van der Waals surface area contributed by atoms with Crippen LogP contribution in [-0.4, -0.2) is 63.0 Å². The number of hydrogen-bond donors (Lipinski definition) is 1. The molecule has 1 heterocycles. The summed E-state index contributed by atoms with van der Waals surface area (Å²) in [6.07, 6.45) is 1.05. The van der Waals surface area contributed by atoms with Crippen molar-refractivity contribution in [3.05, 3.63) is 0 Å². The van der Waals surface area contributed by atoms with Gasteiger partial charge in [0.15, 0.2) is 0 Å². The van der Waals surface area contributed by atoms with Crippen LogP contribution in [0.3, 0.4) is 0 Å². The first kappa shape index (κ1) is 13.5. The highest BCUT2D eigenvalue weighted by atomic mass is 16.2. The number of rotatable bonds is 6. The van der Waals surface area contributed by atoms with E-state index in [1.165, 1.54) is 0 Å². The Balaban J connectivity index is 2.23. The molecule has 1 unspecified atom stereocenters. The molecule has 0 aromatic heterocycles. The van der Waals surface area contributed by atoms with Crippen LogP contribution in [0.5, 0.6) is 0 Å². The molecule has 1 fully saturated rings. The monoisotopic (exact) mass is 227 g/mol. The van der Waals surface area contributed by atoms with Gasteiger partial charge in [-0.2, -0.15) is 0 Å². The lowest BCUT2D eigenvalue weighted by Crippen LogP contribution is -2.50. The van der Waals surface area contributed by atoms with Crippen molar-refractivity contribution in [2.45, 2.75) is 13.3 Å². The second-order valence-corrected chi connectivity index (χ2v) is 5.12. The largest absolute Gasteiger partial charge is 0.345 e. The highest BCUT2D eigenvalue weighted by Crippen LogP contribution is 2.17. The molecule has 0 saturated carbocycles. The van der Waals surface area contributed by atoms with Crippen molar-refractivity contribution in [1.82, 2.24) is 15.1 Å². The van der Waals surface area contributed by atoms with Crippen LogP contribution in [0.1, 0.15) is 13.3 Å². The summed E-state index contributed by atoms with van der Waals surface area (Å²) in [6.45, 7) is 5.95. The zero-order valence-corrected chi connectivity index (χ0v) is 11.0. The summed E-state index contributed by atoms with van der Waals surface area (Å²) in [4.78, 5) is 16.1. The van der Waals surface area contributed by atoms with E-state index < -0.39 is 0 Å². The maximum absolute atomic E-state index is 12.0. The van der Waals surface area contributed by atoms with Crippen molar-refractivity contribution in [3.8, 4) is 0 Å². The van der Waals surface area contributed by atoms with Crippen molar-refractivity contribution in [1.29, 1.82) is 0 Å². The Bertz CT molecular complexity index is 226. The van der Waals surface area contributed by atoms with Crippen molar-refractivity contribution < 1.29 is 4.79 Å². The first-order valence-corrected chi connectivity index (χ1v) is 6.12. The lowest BCUT2D eigenvalue weighted by molar-refractivity contribution is -0.136. The first-order valence-electron chi connectivity index (χ1n) is 6.12. The van der Waals surface area contributed by atoms with Gasteiger partial charge in [-0.3, -0.25) is 4.79 Å². The fraction of sp³-hybridized carbons (Fsp3) is 0.917. The third-order valence-corrected chi connectivity index (χ3v) is 3.38. The zero-order chi connectivity index (χ0) is 12.1. The Hall–Kier alpha value is -0.610. The lowest BCUT2D eigenvalue weighted by Gasteiger charge is -2.34. The van der Waals surface area contributed by atoms with Crippen LogP contribution in [0.25, 0.3) is 0 Å². The summed E-state index contributed by atoms with van der Waals surface area (Å²) in [7, 11) is 6.04. The maximum Gasteiger partial charge on any atom is 0.225 e. The van der Waals surface area contributed by atoms with Crippen molar-refractivity contribution in [2.75, 3.05) is 47.3 Å². The molecule has 1 rings (SSSR count). The first-order chi connectivity index (χ1) is 7.52. The Morgan fingerprint density at radius 2 is 1.94 bits per heavy atom. The molecule has 1 N–H and O–H groups in total. The Morgan fingerprint density at radius 1 is 1.31 bits per heavy atom. The average Bonchev–Trinajstić information content (AvgIpc) is 2.13. The third-order valence-electron chi connectivity index (χ3n) is 3.38. The number of nitrogens with one attached hydrogen (secondary N) is 1. The van der Waals surface area contributed by atoms with Gasteiger partial charge in [-0.05, 0) is 46.1 Å². The summed E-state index contributed by atoms with van der Waals surface area (Å²) in [5.74, 6) is 1.01. The van der Waals surface area contributed by atoms with E-state index in [1.54, 1.807) is 0 Å². The van der Waals surface area contributed by atoms with E-state index in [-0.39, 0.29) is 5.92 Å². The number of nitrogens with zero attached hydrogens (tertiary/aromatic N) is 2. The fourth-order valence-electron chi connectivity index (χ4n) is 1.95. The zero-order valence-electron chi connectivity index (χ0n) is 11.0. The van der Waals surface area contributed by atoms with E-state index in [9.17, 15) is 4.79 Å². The van der Waals surface area contributed by atoms with Crippen molar-refractivity contribution in [2.24, 2.45) is 11.8 Å². The molecule has 0 spiro atoms. The van der Waals surface area contributed by atoms with Gasteiger partial charge in [0.2, 0.25) is 5.91 Å². The predicted molar refractivity (Wildman–Crippen MR) is 66.3 cm³/mol. The summed E-state index contributed by atoms with van der Waals surface area (Å²) in [5.41, 5.74) is 0. The maximum atomic E-state index is 12.0. The average molecular weight is 227 g/mol. The molecule has 16 heavy (non-hydrogen) atoms. The van der Waals surface area contributed by atoms with Crippen LogP contribution in [0.15, 0.2) is 0 Å². The molecule has 4 nitrogen and oxygen atoms in total. The summed E-state index contributed by atoms with van der Waals surface area (Å²) >= 11 is 0. The van der Waals surface area contributed by atoms with Gasteiger partial charge < -0.3 is 15.1 Å². The van der Waals surface area contributed by atoms with Gasteiger partial charge in [0, 0.05) is 19.5 Å². The van der Waals surface area contributed by atoms with Gasteiger partial charge in [-0.15, -0.1) is 0 Å². The minimum Gasteiger partial charge on any atom is -0.345 e. The van der Waals surface area contributed by atoms with Crippen LogP contribution in [0.2, 0.25) is 0 Å². The second-order valence-electron chi connectivity index (χ2n) is 5.12.